The maximum atomic E-state index is 13.0. The number of hydrogen-bond donors (Lipinski definition) is 0. The van der Waals surface area contributed by atoms with E-state index < -0.39 is 5.82 Å². The molecule has 1 saturated carbocycles. The largest absolute Gasteiger partial charge is 0.299 e. The molecule has 0 unspecified atom stereocenters. The average molecular weight is 269 g/mol. The number of Topliss-reactive ketones (excluding diaryl/α,β-unsaturated/α-hetero) is 1. The van der Waals surface area contributed by atoms with Gasteiger partial charge in [0.05, 0.1) is 5.02 Å². The van der Waals surface area contributed by atoms with Gasteiger partial charge in [-0.15, -0.1) is 0 Å². The minimum absolute atomic E-state index is 0.0950. The molecule has 1 aliphatic rings. The number of ketones is 1. The fourth-order valence-electron chi connectivity index (χ4n) is 2.58. The van der Waals surface area contributed by atoms with Gasteiger partial charge in [0, 0.05) is 12.3 Å². The van der Waals surface area contributed by atoms with Crippen molar-refractivity contribution >= 4 is 17.4 Å². The van der Waals surface area contributed by atoms with Crippen molar-refractivity contribution in [2.75, 3.05) is 0 Å². The predicted molar refractivity (Wildman–Crippen MR) is 71.2 cm³/mol. The molecule has 2 rings (SSSR count). The topological polar surface area (TPSA) is 17.1 Å². The van der Waals surface area contributed by atoms with Crippen LogP contribution in [0, 0.1) is 17.7 Å². The average Bonchev–Trinajstić information content (AvgIpc) is 2.34. The molecule has 0 N–H and O–H groups in total. The highest BCUT2D eigenvalue weighted by Gasteiger charge is 2.24. The summed E-state index contributed by atoms with van der Waals surface area (Å²) in [6.45, 7) is 2.24. The molecule has 1 nitrogen and oxygen atoms in total. The molecule has 0 amide bonds. The lowest BCUT2D eigenvalue weighted by atomic mass is 9.80. The third kappa shape index (κ3) is 3.32. The Morgan fingerprint density at radius 2 is 2.00 bits per heavy atom. The minimum Gasteiger partial charge on any atom is -0.299 e. The number of benzene rings is 1. The summed E-state index contributed by atoms with van der Waals surface area (Å²) < 4.78 is 13.0. The minimum atomic E-state index is -0.431. The first kappa shape index (κ1) is 13.5. The molecule has 3 heteroatoms. The van der Waals surface area contributed by atoms with E-state index in [4.69, 9.17) is 11.6 Å². The van der Waals surface area contributed by atoms with Gasteiger partial charge in [-0.3, -0.25) is 4.79 Å². The second-order valence-electron chi connectivity index (χ2n) is 5.35. The Labute approximate surface area is 112 Å². The van der Waals surface area contributed by atoms with Gasteiger partial charge in [0.1, 0.15) is 11.6 Å². The maximum absolute atomic E-state index is 13.0. The molecule has 0 aliphatic heterocycles. The van der Waals surface area contributed by atoms with Crippen LogP contribution in [0.3, 0.4) is 0 Å². The lowest BCUT2D eigenvalue weighted by molar-refractivity contribution is -0.123. The van der Waals surface area contributed by atoms with Crippen molar-refractivity contribution in [1.29, 1.82) is 0 Å². The van der Waals surface area contributed by atoms with Gasteiger partial charge in [0.2, 0.25) is 0 Å². The van der Waals surface area contributed by atoms with E-state index in [-0.39, 0.29) is 16.7 Å². The molecule has 1 aliphatic carbocycles. The Hall–Kier alpha value is -0.890. The number of carbonyl (C=O) groups excluding carboxylic acids is 1. The highest BCUT2D eigenvalue weighted by atomic mass is 35.5. The van der Waals surface area contributed by atoms with Crippen LogP contribution in [-0.4, -0.2) is 5.78 Å². The van der Waals surface area contributed by atoms with E-state index in [0.29, 0.717) is 6.42 Å². The van der Waals surface area contributed by atoms with Crippen LogP contribution < -0.4 is 0 Å². The SMILES string of the molecule is CC1CCC(C(=O)Cc2ccc(F)c(Cl)c2)CC1. The van der Waals surface area contributed by atoms with Gasteiger partial charge in [-0.1, -0.05) is 37.4 Å². The molecule has 0 radical (unpaired) electrons. The Morgan fingerprint density at radius 1 is 1.33 bits per heavy atom. The van der Waals surface area contributed by atoms with Crippen molar-refractivity contribution in [2.45, 2.75) is 39.0 Å². The van der Waals surface area contributed by atoms with Crippen molar-refractivity contribution in [3.8, 4) is 0 Å². The van der Waals surface area contributed by atoms with E-state index in [1.807, 2.05) is 0 Å². The molecule has 0 heterocycles. The number of halogens is 2. The molecule has 1 aromatic rings. The van der Waals surface area contributed by atoms with Crippen LogP contribution in [0.25, 0.3) is 0 Å². The molecule has 0 bridgehead atoms. The first-order valence-corrected chi connectivity index (χ1v) is 6.90. The van der Waals surface area contributed by atoms with E-state index >= 15 is 0 Å². The van der Waals surface area contributed by atoms with Gasteiger partial charge in [0.15, 0.2) is 0 Å². The lowest BCUT2D eigenvalue weighted by Gasteiger charge is -2.25. The Bertz CT molecular complexity index is 436. The number of carbonyl (C=O) groups is 1. The third-order valence-electron chi connectivity index (χ3n) is 3.83. The first-order valence-electron chi connectivity index (χ1n) is 6.53. The van der Waals surface area contributed by atoms with Crippen LogP contribution >= 0.6 is 11.6 Å². The normalized spacial score (nSPS) is 23.9. The second kappa shape index (κ2) is 5.83. The summed E-state index contributed by atoms with van der Waals surface area (Å²) in [5.41, 5.74) is 0.810. The van der Waals surface area contributed by atoms with Crippen LogP contribution in [0.2, 0.25) is 5.02 Å². The molecule has 18 heavy (non-hydrogen) atoms. The second-order valence-corrected chi connectivity index (χ2v) is 5.76. The summed E-state index contributed by atoms with van der Waals surface area (Å²) in [4.78, 5) is 12.1. The summed E-state index contributed by atoms with van der Waals surface area (Å²) >= 11 is 5.72. The Balaban J connectivity index is 1.96. The monoisotopic (exact) mass is 268 g/mol. The predicted octanol–water partition coefficient (Wildman–Crippen LogP) is 4.42. The van der Waals surface area contributed by atoms with Crippen molar-refractivity contribution in [1.82, 2.24) is 0 Å². The molecule has 98 valence electrons. The van der Waals surface area contributed by atoms with Crippen LogP contribution in [-0.2, 0) is 11.2 Å². The van der Waals surface area contributed by atoms with Crippen molar-refractivity contribution in [3.05, 3.63) is 34.6 Å². The molecule has 0 atom stereocenters. The smallest absolute Gasteiger partial charge is 0.141 e. The van der Waals surface area contributed by atoms with E-state index in [0.717, 1.165) is 37.2 Å². The molecular formula is C15H18ClFO. The molecule has 1 aromatic carbocycles. The van der Waals surface area contributed by atoms with E-state index in [1.54, 1.807) is 12.1 Å². The molecule has 0 saturated heterocycles. The zero-order valence-corrected chi connectivity index (χ0v) is 11.3. The fraction of sp³-hybridized carbons (Fsp3) is 0.533. The number of hydrogen-bond acceptors (Lipinski definition) is 1. The third-order valence-corrected chi connectivity index (χ3v) is 4.12. The zero-order chi connectivity index (χ0) is 13.1. The lowest BCUT2D eigenvalue weighted by Crippen LogP contribution is -2.22. The molecule has 1 fully saturated rings. The summed E-state index contributed by atoms with van der Waals surface area (Å²) in [5, 5.41) is 0.0950. The Morgan fingerprint density at radius 3 is 2.61 bits per heavy atom. The van der Waals surface area contributed by atoms with E-state index in [1.165, 1.54) is 6.07 Å². The molecule has 0 aromatic heterocycles. The molecular weight excluding hydrogens is 251 g/mol. The molecule has 0 spiro atoms. The van der Waals surface area contributed by atoms with Gasteiger partial charge in [0.25, 0.3) is 0 Å². The van der Waals surface area contributed by atoms with Gasteiger partial charge < -0.3 is 0 Å². The van der Waals surface area contributed by atoms with Crippen LogP contribution in [0.4, 0.5) is 4.39 Å². The van der Waals surface area contributed by atoms with Crippen molar-refractivity contribution in [3.63, 3.8) is 0 Å². The van der Waals surface area contributed by atoms with Crippen molar-refractivity contribution in [2.24, 2.45) is 11.8 Å². The number of rotatable bonds is 3. The van der Waals surface area contributed by atoms with Crippen LogP contribution in [0.1, 0.15) is 38.2 Å². The van der Waals surface area contributed by atoms with Gasteiger partial charge in [-0.05, 0) is 36.5 Å². The Kier molecular flexibility index (Phi) is 4.39. The van der Waals surface area contributed by atoms with Gasteiger partial charge in [-0.2, -0.15) is 0 Å². The van der Waals surface area contributed by atoms with Gasteiger partial charge >= 0.3 is 0 Å². The summed E-state index contributed by atoms with van der Waals surface area (Å²) in [5.74, 6) is 0.767. The maximum Gasteiger partial charge on any atom is 0.141 e. The van der Waals surface area contributed by atoms with Crippen LogP contribution in [0.5, 0.6) is 0 Å². The quantitative estimate of drug-likeness (QED) is 0.793. The standard InChI is InChI=1S/C15H18ClFO/c1-10-2-5-12(6-3-10)15(18)9-11-4-7-14(17)13(16)8-11/h4,7-8,10,12H,2-3,5-6,9H2,1H3. The first-order chi connectivity index (χ1) is 8.56. The van der Waals surface area contributed by atoms with E-state index in [9.17, 15) is 9.18 Å². The fourth-order valence-corrected chi connectivity index (χ4v) is 2.78. The van der Waals surface area contributed by atoms with Crippen molar-refractivity contribution < 1.29 is 9.18 Å². The summed E-state index contributed by atoms with van der Waals surface area (Å²) in [6, 6.07) is 4.53. The zero-order valence-electron chi connectivity index (χ0n) is 10.6. The van der Waals surface area contributed by atoms with Crippen LogP contribution in [0.15, 0.2) is 18.2 Å². The van der Waals surface area contributed by atoms with Gasteiger partial charge in [-0.25, -0.2) is 4.39 Å². The van der Waals surface area contributed by atoms with E-state index in [2.05, 4.69) is 6.92 Å². The highest BCUT2D eigenvalue weighted by molar-refractivity contribution is 6.30. The summed E-state index contributed by atoms with van der Waals surface area (Å²) in [7, 11) is 0. The summed E-state index contributed by atoms with van der Waals surface area (Å²) in [6.07, 6.45) is 4.64. The highest BCUT2D eigenvalue weighted by Crippen LogP contribution is 2.29.